The van der Waals surface area contributed by atoms with E-state index in [1.807, 2.05) is 19.9 Å². The summed E-state index contributed by atoms with van der Waals surface area (Å²) in [5, 5.41) is 8.44. The number of pyridine rings is 1. The summed E-state index contributed by atoms with van der Waals surface area (Å²) in [7, 11) is 0. The normalized spacial score (nSPS) is 19.6. The molecule has 1 aromatic carbocycles. The summed E-state index contributed by atoms with van der Waals surface area (Å²) >= 11 is 0. The molecule has 0 spiro atoms. The number of aryl methyl sites for hydroxylation is 2. The third-order valence-corrected chi connectivity index (χ3v) is 6.74. The lowest BCUT2D eigenvalue weighted by Gasteiger charge is -2.36. The van der Waals surface area contributed by atoms with E-state index in [1.165, 1.54) is 6.07 Å². The van der Waals surface area contributed by atoms with E-state index in [-0.39, 0.29) is 0 Å². The summed E-state index contributed by atoms with van der Waals surface area (Å²) in [6, 6.07) is 4.10. The maximum atomic E-state index is 15.1. The van der Waals surface area contributed by atoms with Crippen molar-refractivity contribution in [3.63, 3.8) is 0 Å². The maximum Gasteiger partial charge on any atom is 0.261 e. The second kappa shape index (κ2) is 9.84. The van der Waals surface area contributed by atoms with E-state index < -0.39 is 5.82 Å². The number of hydrogen-bond donors (Lipinski definition) is 1. The predicted molar refractivity (Wildman–Crippen MR) is 128 cm³/mol. The van der Waals surface area contributed by atoms with Gasteiger partial charge in [0.2, 0.25) is 0 Å². The topological polar surface area (TPSA) is 85.5 Å². The quantitative estimate of drug-likeness (QED) is 0.576. The molecule has 0 saturated carbocycles. The van der Waals surface area contributed by atoms with Crippen LogP contribution >= 0.6 is 0 Å². The molecule has 2 aliphatic heterocycles. The molecule has 4 heterocycles. The van der Waals surface area contributed by atoms with Gasteiger partial charge in [-0.3, -0.25) is 0 Å². The molecule has 0 unspecified atom stereocenters. The van der Waals surface area contributed by atoms with E-state index in [1.54, 1.807) is 6.92 Å². The lowest BCUT2D eigenvalue weighted by molar-refractivity contribution is 0.0650. The fourth-order valence-electron chi connectivity index (χ4n) is 5.03. The molecule has 0 amide bonds. The van der Waals surface area contributed by atoms with Crippen LogP contribution in [0.1, 0.15) is 44.0 Å². The van der Waals surface area contributed by atoms with Crippen LogP contribution in [0.2, 0.25) is 0 Å². The number of ether oxygens (including phenoxy) is 2. The molecule has 1 atom stereocenters. The Labute approximate surface area is 198 Å². The van der Waals surface area contributed by atoms with Crippen molar-refractivity contribution in [2.24, 2.45) is 0 Å². The van der Waals surface area contributed by atoms with Gasteiger partial charge in [-0.25, -0.2) is 9.37 Å². The Morgan fingerprint density at radius 3 is 2.65 bits per heavy atom. The number of nitrogens with zero attached hydrogens (tertiary/aromatic N) is 4. The monoisotopic (exact) mass is 469 g/mol. The third kappa shape index (κ3) is 4.59. The van der Waals surface area contributed by atoms with Crippen molar-refractivity contribution in [1.82, 2.24) is 20.4 Å². The summed E-state index contributed by atoms with van der Waals surface area (Å²) in [6.45, 7) is 9.34. The number of rotatable bonds is 6. The van der Waals surface area contributed by atoms with E-state index in [9.17, 15) is 0 Å². The van der Waals surface area contributed by atoms with Crippen molar-refractivity contribution in [1.29, 1.82) is 0 Å². The van der Waals surface area contributed by atoms with Crippen LogP contribution in [0, 0.1) is 19.7 Å². The number of halogens is 1. The van der Waals surface area contributed by atoms with Crippen LogP contribution in [0.15, 0.2) is 16.7 Å². The fourth-order valence-corrected chi connectivity index (χ4v) is 5.03. The molecule has 2 aliphatic rings. The Hall–Kier alpha value is -2.78. The van der Waals surface area contributed by atoms with Gasteiger partial charge in [-0.15, -0.1) is 0 Å². The largest absolute Gasteiger partial charge is 0.494 e. The zero-order chi connectivity index (χ0) is 23.7. The van der Waals surface area contributed by atoms with Crippen LogP contribution in [-0.2, 0) is 4.74 Å². The summed E-state index contributed by atoms with van der Waals surface area (Å²) < 4.78 is 31.9. The van der Waals surface area contributed by atoms with Crippen molar-refractivity contribution in [3.8, 4) is 17.2 Å². The van der Waals surface area contributed by atoms with Crippen LogP contribution in [0.3, 0.4) is 0 Å². The Bertz CT molecular complexity index is 1150. The first-order chi connectivity index (χ1) is 16.5. The molecule has 2 aromatic heterocycles. The van der Waals surface area contributed by atoms with Gasteiger partial charge in [-0.1, -0.05) is 5.16 Å². The molecule has 182 valence electrons. The van der Waals surface area contributed by atoms with Crippen molar-refractivity contribution < 1.29 is 18.4 Å². The highest BCUT2D eigenvalue weighted by Crippen LogP contribution is 2.39. The first-order valence-electron chi connectivity index (χ1n) is 12.2. The van der Waals surface area contributed by atoms with E-state index in [4.69, 9.17) is 19.0 Å². The lowest BCUT2D eigenvalue weighted by Crippen LogP contribution is -2.48. The van der Waals surface area contributed by atoms with Gasteiger partial charge in [0.1, 0.15) is 17.1 Å². The van der Waals surface area contributed by atoms with Crippen LogP contribution in [0.4, 0.5) is 10.2 Å². The standard InChI is InChI=1S/C25H32FN5O3/c1-4-33-19-12-20-15(2)22(25-27-16(3)30-34-25)24(29-23(20)21(26)13-19)31-9-7-17(8-10-31)28-18-6-5-11-32-14-18/h12-13,17-18,28H,4-11,14H2,1-3H3/t18-/m1/s1. The van der Waals surface area contributed by atoms with Crippen LogP contribution in [0.5, 0.6) is 5.75 Å². The van der Waals surface area contributed by atoms with Gasteiger partial charge in [0.05, 0.1) is 18.8 Å². The summed E-state index contributed by atoms with van der Waals surface area (Å²) in [6.07, 6.45) is 4.22. The first kappa shape index (κ1) is 23.0. The SMILES string of the molecule is CCOc1cc(F)c2nc(N3CCC(N[C@@H]4CCCOC4)CC3)c(-c3nc(C)no3)c(C)c2c1. The van der Waals surface area contributed by atoms with E-state index in [2.05, 4.69) is 20.4 Å². The second-order valence-corrected chi connectivity index (χ2v) is 9.16. The minimum Gasteiger partial charge on any atom is -0.494 e. The highest BCUT2D eigenvalue weighted by atomic mass is 19.1. The minimum atomic E-state index is -0.396. The van der Waals surface area contributed by atoms with Crippen molar-refractivity contribution in [3.05, 3.63) is 29.3 Å². The van der Waals surface area contributed by atoms with Gasteiger partial charge in [-0.2, -0.15) is 4.98 Å². The zero-order valence-corrected chi connectivity index (χ0v) is 20.1. The number of piperidine rings is 1. The number of fused-ring (bicyclic) bond motifs is 1. The molecular formula is C25H32FN5O3. The third-order valence-electron chi connectivity index (χ3n) is 6.74. The Morgan fingerprint density at radius 1 is 1.15 bits per heavy atom. The summed E-state index contributed by atoms with van der Waals surface area (Å²) in [5.74, 6) is 1.73. The summed E-state index contributed by atoms with van der Waals surface area (Å²) in [4.78, 5) is 11.5. The van der Waals surface area contributed by atoms with Crippen LogP contribution < -0.4 is 15.0 Å². The fraction of sp³-hybridized carbons (Fsp3) is 0.560. The molecule has 5 rings (SSSR count). The Morgan fingerprint density at radius 2 is 1.97 bits per heavy atom. The first-order valence-corrected chi connectivity index (χ1v) is 12.2. The molecule has 0 radical (unpaired) electrons. The van der Waals surface area contributed by atoms with Crippen LogP contribution in [0.25, 0.3) is 22.4 Å². The highest BCUT2D eigenvalue weighted by molar-refractivity contribution is 5.93. The minimum absolute atomic E-state index is 0.329. The van der Waals surface area contributed by atoms with Crippen molar-refractivity contribution in [2.45, 2.75) is 58.5 Å². The van der Waals surface area contributed by atoms with E-state index in [0.717, 1.165) is 63.1 Å². The van der Waals surface area contributed by atoms with Gasteiger partial charge >= 0.3 is 0 Å². The van der Waals surface area contributed by atoms with Gasteiger partial charge in [-0.05, 0) is 58.1 Å². The molecule has 34 heavy (non-hydrogen) atoms. The molecular weight excluding hydrogens is 437 g/mol. The molecule has 0 aliphatic carbocycles. The molecule has 3 aromatic rings. The zero-order valence-electron chi connectivity index (χ0n) is 20.1. The lowest BCUT2D eigenvalue weighted by atomic mass is 9.99. The summed E-state index contributed by atoms with van der Waals surface area (Å²) in [5.41, 5.74) is 1.94. The van der Waals surface area contributed by atoms with Gasteiger partial charge < -0.3 is 24.2 Å². The molecule has 0 bridgehead atoms. The molecule has 2 saturated heterocycles. The average Bonchev–Trinajstić information content (AvgIpc) is 3.26. The van der Waals surface area contributed by atoms with Crippen molar-refractivity contribution in [2.75, 3.05) is 37.8 Å². The van der Waals surface area contributed by atoms with E-state index in [0.29, 0.717) is 52.9 Å². The molecule has 1 N–H and O–H groups in total. The van der Waals surface area contributed by atoms with Gasteiger partial charge in [0.25, 0.3) is 5.89 Å². The molecule has 2 fully saturated rings. The van der Waals surface area contributed by atoms with E-state index >= 15 is 4.39 Å². The van der Waals surface area contributed by atoms with Crippen LogP contribution in [-0.4, -0.2) is 60.1 Å². The average molecular weight is 470 g/mol. The number of nitrogens with one attached hydrogen (secondary N) is 1. The Balaban J connectivity index is 1.48. The number of benzene rings is 1. The highest BCUT2D eigenvalue weighted by Gasteiger charge is 2.29. The second-order valence-electron chi connectivity index (χ2n) is 9.16. The molecule has 8 nitrogen and oxygen atoms in total. The maximum absolute atomic E-state index is 15.1. The Kier molecular flexibility index (Phi) is 6.65. The van der Waals surface area contributed by atoms with Crippen molar-refractivity contribution >= 4 is 16.7 Å². The number of aromatic nitrogens is 3. The number of anilines is 1. The smallest absolute Gasteiger partial charge is 0.261 e. The predicted octanol–water partition coefficient (Wildman–Crippen LogP) is 4.18. The van der Waals surface area contributed by atoms with Gasteiger partial charge in [0.15, 0.2) is 11.6 Å². The molecule has 9 heteroatoms. The van der Waals surface area contributed by atoms with Gasteiger partial charge in [0, 0.05) is 43.2 Å². The number of hydrogen-bond acceptors (Lipinski definition) is 8.